The van der Waals surface area contributed by atoms with Crippen molar-refractivity contribution in [1.82, 2.24) is 16.0 Å². The third-order valence-electron chi connectivity index (χ3n) is 28.9. The van der Waals surface area contributed by atoms with Gasteiger partial charge < -0.3 is 67.0 Å². The van der Waals surface area contributed by atoms with Gasteiger partial charge in [-0.25, -0.2) is 0 Å². The van der Waals surface area contributed by atoms with Gasteiger partial charge in [0.05, 0.1) is 62.4 Å². The molecule has 0 aliphatic rings. The van der Waals surface area contributed by atoms with Crippen LogP contribution < -0.4 is 16.0 Å². The maximum Gasteiger partial charge on any atom is 0.249 e. The van der Waals surface area contributed by atoms with Crippen molar-refractivity contribution in [3.63, 3.8) is 0 Å². The van der Waals surface area contributed by atoms with Crippen molar-refractivity contribution in [3.05, 3.63) is 12.2 Å². The van der Waals surface area contributed by atoms with Gasteiger partial charge in [-0.3, -0.25) is 14.4 Å². The molecule has 0 bridgehead atoms. The van der Waals surface area contributed by atoms with Gasteiger partial charge in [0.15, 0.2) is 0 Å². The zero-order chi connectivity index (χ0) is 100. The molecule has 0 aliphatic carbocycles. The molecule has 0 heterocycles. The van der Waals surface area contributed by atoms with E-state index in [1.165, 1.54) is 488 Å². The highest BCUT2D eigenvalue weighted by atomic mass is 16.3. The van der Waals surface area contributed by atoms with Crippen LogP contribution >= 0.6 is 0 Å². The number of carbonyl (C=O) groups excluding carboxylic acids is 3. The van der Waals surface area contributed by atoms with Crippen LogP contribution in [0.4, 0.5) is 0 Å². The van der Waals surface area contributed by atoms with Gasteiger partial charge in [-0.05, 0) is 38.5 Å². The summed E-state index contributed by atoms with van der Waals surface area (Å²) < 4.78 is 0. The number of aliphatic hydroxyl groups is 10. The molecule has 16 heteroatoms. The lowest BCUT2D eigenvalue weighted by molar-refractivity contribution is -0.133. The topological polar surface area (TPSA) is 290 Å². The molecule has 0 aromatic heterocycles. The molecule has 0 saturated carbocycles. The van der Waals surface area contributed by atoms with Gasteiger partial charge in [-0.1, -0.05) is 625 Å². The molecule has 0 rings (SSSR count). The number of amides is 3. The number of aliphatic hydroxyl groups excluding tert-OH is 10. The van der Waals surface area contributed by atoms with Gasteiger partial charge in [0.25, 0.3) is 0 Å². The van der Waals surface area contributed by atoms with E-state index in [2.05, 4.69) is 57.5 Å². The first-order valence-electron chi connectivity index (χ1n) is 60.8. The molecule has 10 atom stereocenters. The number of carbonyl (C=O) groups is 3. The molecule has 814 valence electrons. The van der Waals surface area contributed by atoms with Crippen LogP contribution in [-0.4, -0.2) is 149 Å². The Balaban J connectivity index is -0.00000196. The summed E-state index contributed by atoms with van der Waals surface area (Å²) >= 11 is 0. The van der Waals surface area contributed by atoms with Crippen molar-refractivity contribution in [2.75, 3.05) is 19.8 Å². The zero-order valence-corrected chi connectivity index (χ0v) is 91.6. The first-order chi connectivity index (χ1) is 66.6. The second kappa shape index (κ2) is 116. The van der Waals surface area contributed by atoms with Crippen LogP contribution in [0.25, 0.3) is 0 Å². The molecular formula is C120H241N3O13. The lowest BCUT2D eigenvalue weighted by atomic mass is 9.99. The van der Waals surface area contributed by atoms with Crippen LogP contribution in [0.15, 0.2) is 12.2 Å². The minimum atomic E-state index is -1.25. The fraction of sp³-hybridized carbons (Fsp3) is 0.958. The summed E-state index contributed by atoms with van der Waals surface area (Å²) in [7, 11) is 0. The fourth-order valence-electron chi connectivity index (χ4n) is 19.2. The van der Waals surface area contributed by atoms with Gasteiger partial charge in [0, 0.05) is 6.42 Å². The van der Waals surface area contributed by atoms with Crippen LogP contribution in [0, 0.1) is 0 Å². The smallest absolute Gasteiger partial charge is 0.249 e. The number of nitrogens with one attached hydrogen (secondary N) is 3. The van der Waals surface area contributed by atoms with Gasteiger partial charge >= 0.3 is 0 Å². The quantitative estimate of drug-likeness (QED) is 0.0199. The summed E-state index contributed by atoms with van der Waals surface area (Å²) in [6.07, 6.45) is 115. The van der Waals surface area contributed by atoms with E-state index >= 15 is 0 Å². The maximum atomic E-state index is 12.5. The largest absolute Gasteiger partial charge is 0.394 e. The lowest BCUT2D eigenvalue weighted by Crippen LogP contribution is -2.53. The van der Waals surface area contributed by atoms with Gasteiger partial charge in [-0.2, -0.15) is 0 Å². The van der Waals surface area contributed by atoms with Gasteiger partial charge in [-0.15, -0.1) is 0 Å². The first kappa shape index (κ1) is 138. The first-order valence-corrected chi connectivity index (χ1v) is 60.8. The molecule has 13 N–H and O–H groups in total. The highest BCUT2D eigenvalue weighted by Crippen LogP contribution is 2.24. The second-order valence-electron chi connectivity index (χ2n) is 42.4. The monoisotopic (exact) mass is 1930 g/mol. The Hall–Kier alpha value is -2.25. The summed E-state index contributed by atoms with van der Waals surface area (Å²) in [6, 6.07) is -2.42. The Morgan fingerprint density at radius 1 is 0.199 bits per heavy atom. The van der Waals surface area contributed by atoms with Crippen molar-refractivity contribution < 1.29 is 65.4 Å². The minimum absolute atomic E-state index is 0.0295. The van der Waals surface area contributed by atoms with Crippen molar-refractivity contribution in [2.24, 2.45) is 0 Å². The Bertz CT molecular complexity index is 2320. The molecule has 0 aromatic carbocycles. The molecule has 16 nitrogen and oxygen atoms in total. The lowest BCUT2D eigenvalue weighted by Gasteiger charge is -2.27. The maximum absolute atomic E-state index is 12.5. The zero-order valence-electron chi connectivity index (χ0n) is 91.6. The Morgan fingerprint density at radius 2 is 0.382 bits per heavy atom. The molecule has 0 spiro atoms. The molecular weight excluding hydrogens is 1690 g/mol. The predicted molar refractivity (Wildman–Crippen MR) is 586 cm³/mol. The van der Waals surface area contributed by atoms with E-state index in [9.17, 15) is 65.4 Å². The number of rotatable bonds is 110. The predicted octanol–water partition coefficient (Wildman–Crippen LogP) is 32.0. The Kier molecular flexibility index (Phi) is 118. The van der Waals surface area contributed by atoms with E-state index < -0.39 is 85.9 Å². The van der Waals surface area contributed by atoms with Crippen LogP contribution in [0.3, 0.4) is 0 Å². The van der Waals surface area contributed by atoms with Gasteiger partial charge in [0.1, 0.15) is 18.3 Å². The number of unbranched alkanes of at least 4 members (excludes halogenated alkanes) is 84. The highest BCUT2D eigenvalue weighted by molar-refractivity contribution is 5.81. The minimum Gasteiger partial charge on any atom is -0.394 e. The molecule has 0 radical (unpaired) electrons. The van der Waals surface area contributed by atoms with E-state index in [-0.39, 0.29) is 12.5 Å². The summed E-state index contributed by atoms with van der Waals surface area (Å²) in [5.74, 6) is -1.17. The van der Waals surface area contributed by atoms with Crippen LogP contribution in [-0.2, 0) is 14.4 Å². The normalized spacial score (nSPS) is 13.9. The van der Waals surface area contributed by atoms with E-state index in [1.54, 1.807) is 6.08 Å². The third kappa shape index (κ3) is 105. The van der Waals surface area contributed by atoms with Crippen molar-refractivity contribution in [2.45, 2.75) is 719 Å². The molecule has 3 amide bonds. The molecule has 10 unspecified atom stereocenters. The van der Waals surface area contributed by atoms with Crippen molar-refractivity contribution >= 4 is 17.7 Å². The average Bonchev–Trinajstić information content (AvgIpc) is 0.894. The standard InChI is InChI=1S/C42H83NO5.C42H85NO5.C36H73NO3/c1-3-5-7-9-11-13-15-16-17-18-19-20-21-22-23-24-26-28-30-32-34-41(47)42(48)43-39(37-44)40(46)36-35-38(45)33-31-29-27-25-14-12-10-8-6-4-2;1-3-5-7-9-11-13-15-17-18-19-20-21-22-23-24-26-28-30-32-34-36-40(46)42(48)43-38(37-44)41(47)39(45)35-33-31-29-27-25-16-14-12-10-8-6-4-2;1-3-5-7-9-11-13-15-17-18-20-22-24-26-28-30-32-36(40)37-34(33-38)35(39)31-29-27-25-23-21-19-16-14-12-10-8-6-4-2/h35-36,38-41,44-47H,3-34,37H2,1-2H3,(H,43,48);38-41,44-47H,3-37H2,1-2H3,(H,43,48);34-35,38-39H,3-33H2,1-2H3,(H,37,40)/b36-35+;;. The highest BCUT2D eigenvalue weighted by Gasteiger charge is 2.30. The number of hydrogen-bond acceptors (Lipinski definition) is 13. The molecule has 0 aromatic rings. The summed E-state index contributed by atoms with van der Waals surface area (Å²) in [6.45, 7) is 12.5. The number of hydrogen-bond donors (Lipinski definition) is 13. The van der Waals surface area contributed by atoms with E-state index in [0.717, 1.165) is 96.3 Å². The van der Waals surface area contributed by atoms with Crippen LogP contribution in [0.1, 0.15) is 658 Å². The molecule has 0 aliphatic heterocycles. The van der Waals surface area contributed by atoms with Crippen LogP contribution in [0.5, 0.6) is 0 Å². The second-order valence-corrected chi connectivity index (χ2v) is 42.4. The molecule has 0 fully saturated rings. The van der Waals surface area contributed by atoms with Crippen molar-refractivity contribution in [1.29, 1.82) is 0 Å². The summed E-state index contributed by atoms with van der Waals surface area (Å²) in [5, 5.41) is 110. The van der Waals surface area contributed by atoms with E-state index in [1.807, 2.05) is 0 Å². The Labute approximate surface area is 845 Å². The Morgan fingerprint density at radius 3 is 0.603 bits per heavy atom. The van der Waals surface area contributed by atoms with Crippen molar-refractivity contribution in [3.8, 4) is 0 Å². The SMILES string of the molecule is CCCCCCCCCCCCCCCCCC(=O)NC(CO)C(O)CCCCCCCCCCCCCCC.CCCCCCCCCCCCCCCCCCCCCCC(O)C(=O)NC(CO)C(O)/C=C/C(O)CCCCCCCCCCCC.CCCCCCCCCCCCCCCCCCCCCCC(O)C(=O)NC(CO)C(O)C(O)CCCCCCCCCCCCCC. The third-order valence-corrected chi connectivity index (χ3v) is 28.9. The average molecular weight is 1930 g/mol. The summed E-state index contributed by atoms with van der Waals surface area (Å²) in [4.78, 5) is 37.2. The van der Waals surface area contributed by atoms with E-state index in [4.69, 9.17) is 0 Å². The fourth-order valence-corrected chi connectivity index (χ4v) is 19.2. The molecule has 0 saturated heterocycles. The van der Waals surface area contributed by atoms with Crippen LogP contribution in [0.2, 0.25) is 0 Å². The van der Waals surface area contributed by atoms with E-state index in [0.29, 0.717) is 38.5 Å². The molecule has 136 heavy (non-hydrogen) atoms. The van der Waals surface area contributed by atoms with Gasteiger partial charge in [0.2, 0.25) is 17.7 Å². The summed E-state index contributed by atoms with van der Waals surface area (Å²) in [5.41, 5.74) is 0.